The number of nitriles is 1. The first-order chi connectivity index (χ1) is 9.79. The fourth-order valence-electron chi connectivity index (χ4n) is 2.83. The Hall–Kier alpha value is -1.60. The summed E-state index contributed by atoms with van der Waals surface area (Å²) in [6, 6.07) is 6.48. The maximum Gasteiger partial charge on any atom is 0.140 e. The van der Waals surface area contributed by atoms with Gasteiger partial charge in [0, 0.05) is 12.6 Å². The zero-order chi connectivity index (χ0) is 14.2. The molecule has 0 amide bonds. The van der Waals surface area contributed by atoms with E-state index in [0.29, 0.717) is 5.69 Å². The topological polar surface area (TPSA) is 52.0 Å². The fraction of sp³-hybridized carbons (Fsp3) is 0.625. The van der Waals surface area contributed by atoms with Gasteiger partial charge < -0.3 is 10.2 Å². The summed E-state index contributed by atoms with van der Waals surface area (Å²) in [5.41, 5.74) is 1.46. The van der Waals surface area contributed by atoms with Gasteiger partial charge in [0.05, 0.1) is 11.9 Å². The van der Waals surface area contributed by atoms with Crippen LogP contribution in [-0.4, -0.2) is 36.1 Å². The molecule has 1 N–H and O–H groups in total. The highest BCUT2D eigenvalue weighted by Gasteiger charge is 2.17. The second-order valence-corrected chi connectivity index (χ2v) is 5.60. The minimum Gasteiger partial charge on any atom is -0.384 e. The number of pyridine rings is 1. The van der Waals surface area contributed by atoms with Gasteiger partial charge in [-0.3, -0.25) is 0 Å². The third-order valence-electron chi connectivity index (χ3n) is 4.09. The maximum atomic E-state index is 8.69. The molecule has 0 bridgehead atoms. The van der Waals surface area contributed by atoms with E-state index in [1.165, 1.54) is 32.1 Å². The SMILES string of the molecule is CN(CCCNc1ccc(C#N)nc1)C1CCCCC1. The van der Waals surface area contributed by atoms with Crippen LogP contribution in [-0.2, 0) is 0 Å². The van der Waals surface area contributed by atoms with Crippen molar-refractivity contribution in [3.05, 3.63) is 24.0 Å². The summed E-state index contributed by atoms with van der Waals surface area (Å²) < 4.78 is 0. The zero-order valence-corrected chi connectivity index (χ0v) is 12.3. The molecule has 0 spiro atoms. The molecular formula is C16H24N4. The Morgan fingerprint density at radius 2 is 2.15 bits per heavy atom. The van der Waals surface area contributed by atoms with Crippen molar-refractivity contribution in [2.24, 2.45) is 0 Å². The number of anilines is 1. The molecule has 0 saturated heterocycles. The molecule has 0 atom stereocenters. The highest BCUT2D eigenvalue weighted by atomic mass is 15.1. The molecule has 1 saturated carbocycles. The minimum absolute atomic E-state index is 0.465. The highest BCUT2D eigenvalue weighted by molar-refractivity contribution is 5.42. The van der Waals surface area contributed by atoms with Gasteiger partial charge in [-0.15, -0.1) is 0 Å². The largest absolute Gasteiger partial charge is 0.384 e. The van der Waals surface area contributed by atoms with E-state index in [1.807, 2.05) is 12.1 Å². The Morgan fingerprint density at radius 1 is 1.35 bits per heavy atom. The molecule has 1 aliphatic rings. The first-order valence-electron chi connectivity index (χ1n) is 7.60. The Kier molecular flexibility index (Phi) is 5.82. The Bertz CT molecular complexity index is 429. The van der Waals surface area contributed by atoms with Crippen molar-refractivity contribution in [3.8, 4) is 6.07 Å². The second kappa shape index (κ2) is 7.86. The smallest absolute Gasteiger partial charge is 0.140 e. The van der Waals surface area contributed by atoms with E-state index in [1.54, 1.807) is 12.3 Å². The highest BCUT2D eigenvalue weighted by Crippen LogP contribution is 2.21. The number of aromatic nitrogens is 1. The summed E-state index contributed by atoms with van der Waals surface area (Å²) >= 11 is 0. The molecule has 1 heterocycles. The summed E-state index contributed by atoms with van der Waals surface area (Å²) in [5.74, 6) is 0. The number of hydrogen-bond acceptors (Lipinski definition) is 4. The van der Waals surface area contributed by atoms with Crippen molar-refractivity contribution >= 4 is 5.69 Å². The molecule has 1 aromatic rings. The minimum atomic E-state index is 0.465. The summed E-state index contributed by atoms with van der Waals surface area (Å²) in [4.78, 5) is 6.56. The molecule has 0 aromatic carbocycles. The van der Waals surface area contributed by atoms with E-state index in [-0.39, 0.29) is 0 Å². The van der Waals surface area contributed by atoms with E-state index < -0.39 is 0 Å². The van der Waals surface area contributed by atoms with Gasteiger partial charge in [-0.05, 0) is 45.0 Å². The van der Waals surface area contributed by atoms with E-state index in [0.717, 1.165) is 31.2 Å². The maximum absolute atomic E-state index is 8.69. The lowest BCUT2D eigenvalue weighted by atomic mass is 9.94. The Labute approximate surface area is 121 Å². The van der Waals surface area contributed by atoms with Crippen molar-refractivity contribution in [1.29, 1.82) is 5.26 Å². The third kappa shape index (κ3) is 4.50. The van der Waals surface area contributed by atoms with Crippen LogP contribution in [0.15, 0.2) is 18.3 Å². The van der Waals surface area contributed by atoms with E-state index in [9.17, 15) is 0 Å². The van der Waals surface area contributed by atoms with Crippen molar-refractivity contribution in [3.63, 3.8) is 0 Å². The monoisotopic (exact) mass is 272 g/mol. The standard InChI is InChI=1S/C16H24N4/c1-20(16-6-3-2-4-7-16)11-5-10-18-15-9-8-14(12-17)19-13-15/h8-9,13,16,18H,2-7,10-11H2,1H3. The van der Waals surface area contributed by atoms with Gasteiger partial charge in [-0.2, -0.15) is 5.26 Å². The van der Waals surface area contributed by atoms with Crippen LogP contribution >= 0.6 is 0 Å². The van der Waals surface area contributed by atoms with Crippen molar-refractivity contribution in [2.45, 2.75) is 44.6 Å². The van der Waals surface area contributed by atoms with E-state index in [2.05, 4.69) is 22.2 Å². The summed E-state index contributed by atoms with van der Waals surface area (Å²) in [7, 11) is 2.25. The van der Waals surface area contributed by atoms with Gasteiger partial charge in [-0.25, -0.2) is 4.98 Å². The zero-order valence-electron chi connectivity index (χ0n) is 12.3. The van der Waals surface area contributed by atoms with Crippen LogP contribution in [0.5, 0.6) is 0 Å². The van der Waals surface area contributed by atoms with Gasteiger partial charge in [0.15, 0.2) is 0 Å². The van der Waals surface area contributed by atoms with Crippen molar-refractivity contribution in [2.75, 3.05) is 25.5 Å². The van der Waals surface area contributed by atoms with Crippen molar-refractivity contribution < 1.29 is 0 Å². The molecule has 0 aliphatic heterocycles. The number of rotatable bonds is 6. The fourth-order valence-corrected chi connectivity index (χ4v) is 2.83. The van der Waals surface area contributed by atoms with Gasteiger partial charge in [0.1, 0.15) is 11.8 Å². The van der Waals surface area contributed by atoms with Gasteiger partial charge in [0.2, 0.25) is 0 Å². The van der Waals surface area contributed by atoms with E-state index in [4.69, 9.17) is 5.26 Å². The summed E-state index contributed by atoms with van der Waals surface area (Å²) in [5, 5.41) is 12.0. The molecule has 0 radical (unpaired) electrons. The van der Waals surface area contributed by atoms with Gasteiger partial charge >= 0.3 is 0 Å². The summed E-state index contributed by atoms with van der Waals surface area (Å²) in [6.45, 7) is 2.09. The molecule has 20 heavy (non-hydrogen) atoms. The van der Waals surface area contributed by atoms with Crippen LogP contribution < -0.4 is 5.32 Å². The predicted octanol–water partition coefficient (Wildman–Crippen LogP) is 3.02. The predicted molar refractivity (Wildman–Crippen MR) is 81.6 cm³/mol. The lowest BCUT2D eigenvalue weighted by Gasteiger charge is -2.31. The van der Waals surface area contributed by atoms with E-state index >= 15 is 0 Å². The first-order valence-corrected chi connectivity index (χ1v) is 7.60. The molecular weight excluding hydrogens is 248 g/mol. The lowest BCUT2D eigenvalue weighted by Crippen LogP contribution is -2.34. The van der Waals surface area contributed by atoms with Crippen LogP contribution in [0.1, 0.15) is 44.2 Å². The third-order valence-corrected chi connectivity index (χ3v) is 4.09. The molecule has 1 aromatic heterocycles. The average molecular weight is 272 g/mol. The molecule has 2 rings (SSSR count). The molecule has 1 fully saturated rings. The molecule has 108 valence electrons. The van der Waals surface area contributed by atoms with Crippen LogP contribution in [0.2, 0.25) is 0 Å². The normalized spacial score (nSPS) is 16.1. The number of hydrogen-bond donors (Lipinski definition) is 1. The first kappa shape index (κ1) is 14.8. The number of nitrogens with one attached hydrogen (secondary N) is 1. The van der Waals surface area contributed by atoms with Crippen LogP contribution in [0.4, 0.5) is 5.69 Å². The van der Waals surface area contributed by atoms with Gasteiger partial charge in [-0.1, -0.05) is 19.3 Å². The van der Waals surface area contributed by atoms with Crippen molar-refractivity contribution in [1.82, 2.24) is 9.88 Å². The molecule has 4 nitrogen and oxygen atoms in total. The van der Waals surface area contributed by atoms with Gasteiger partial charge in [0.25, 0.3) is 0 Å². The summed E-state index contributed by atoms with van der Waals surface area (Å²) in [6.07, 6.45) is 9.79. The Balaban J connectivity index is 1.64. The molecule has 0 unspecified atom stereocenters. The molecule has 1 aliphatic carbocycles. The lowest BCUT2D eigenvalue weighted by molar-refractivity contribution is 0.191. The van der Waals surface area contributed by atoms with Crippen LogP contribution in [0.25, 0.3) is 0 Å². The quantitative estimate of drug-likeness (QED) is 0.809. The molecule has 4 heteroatoms. The number of nitrogens with zero attached hydrogens (tertiary/aromatic N) is 3. The Morgan fingerprint density at radius 3 is 2.80 bits per heavy atom. The van der Waals surface area contributed by atoms with Crippen LogP contribution in [0, 0.1) is 11.3 Å². The van der Waals surface area contributed by atoms with Crippen LogP contribution in [0.3, 0.4) is 0 Å². The second-order valence-electron chi connectivity index (χ2n) is 5.60. The average Bonchev–Trinajstić information content (AvgIpc) is 2.53.